The number of aromatic hydroxyl groups is 1. The van der Waals surface area contributed by atoms with Crippen molar-refractivity contribution in [1.29, 1.82) is 0 Å². The number of hydrogen-bond acceptors (Lipinski definition) is 7. The molecule has 3 N–H and O–H groups in total. The third-order valence-electron chi connectivity index (χ3n) is 7.16. The van der Waals surface area contributed by atoms with Crippen molar-refractivity contribution in [3.05, 3.63) is 53.4 Å². The Hall–Kier alpha value is -4.09. The quantitative estimate of drug-likeness (QED) is 0.347. The molecule has 12 heteroatoms. The molecule has 0 spiro atoms. The summed E-state index contributed by atoms with van der Waals surface area (Å²) in [6, 6.07) is 9.24. The number of carbonyl (C=O) groups excluding carboxylic acids is 2. The van der Waals surface area contributed by atoms with Crippen LogP contribution in [0.25, 0.3) is 22.3 Å². The fraction of sp³-hybridized carbons (Fsp3) is 0.345. The van der Waals surface area contributed by atoms with Crippen LogP contribution < -0.4 is 25.2 Å². The first kappa shape index (κ1) is 28.4. The molecule has 2 aromatic carbocycles. The van der Waals surface area contributed by atoms with Crippen molar-refractivity contribution in [2.75, 3.05) is 69.3 Å². The zero-order chi connectivity index (χ0) is 29.1. The van der Waals surface area contributed by atoms with Crippen LogP contribution in [-0.2, 0) is 4.79 Å². The van der Waals surface area contributed by atoms with E-state index in [4.69, 9.17) is 16.3 Å². The first-order valence-corrected chi connectivity index (χ1v) is 13.8. The molecule has 0 aliphatic carbocycles. The van der Waals surface area contributed by atoms with Gasteiger partial charge in [0.15, 0.2) is 0 Å². The SMILES string of the molecule is CC(=O)NCCOc1ncc(-c2cc(F)cc(-c3ccc(N4CCN(C)C4=O)c(Cl)c3)c2O)cc1N1CCNCC1. The third-order valence-corrected chi connectivity index (χ3v) is 7.46. The Bertz CT molecular complexity index is 1470. The summed E-state index contributed by atoms with van der Waals surface area (Å²) in [6.07, 6.45) is 1.53. The van der Waals surface area contributed by atoms with Crippen LogP contribution in [-0.4, -0.2) is 86.4 Å². The normalized spacial score (nSPS) is 15.4. The van der Waals surface area contributed by atoms with E-state index >= 15 is 4.39 Å². The lowest BCUT2D eigenvalue weighted by molar-refractivity contribution is -0.119. The summed E-state index contributed by atoms with van der Waals surface area (Å²) in [5.74, 6) is -0.422. The molecule has 2 aliphatic rings. The van der Waals surface area contributed by atoms with E-state index in [1.807, 2.05) is 6.07 Å². The first-order chi connectivity index (χ1) is 19.7. The molecule has 3 aromatic rings. The average molecular weight is 583 g/mol. The van der Waals surface area contributed by atoms with E-state index < -0.39 is 5.82 Å². The van der Waals surface area contributed by atoms with Crippen LogP contribution in [0.3, 0.4) is 0 Å². The Kier molecular flexibility index (Phi) is 8.46. The van der Waals surface area contributed by atoms with Gasteiger partial charge in [0.05, 0.1) is 17.3 Å². The molecule has 216 valence electrons. The number of urea groups is 1. The van der Waals surface area contributed by atoms with Crippen molar-refractivity contribution < 1.29 is 23.8 Å². The van der Waals surface area contributed by atoms with Crippen LogP contribution in [0.15, 0.2) is 42.6 Å². The van der Waals surface area contributed by atoms with Gasteiger partial charge in [0.1, 0.15) is 23.9 Å². The zero-order valence-electron chi connectivity index (χ0n) is 22.9. The van der Waals surface area contributed by atoms with Gasteiger partial charge in [0, 0.05) is 76.1 Å². The number of hydrogen-bond donors (Lipinski definition) is 3. The monoisotopic (exact) mass is 582 g/mol. The number of halogens is 2. The molecular formula is C29H32ClFN6O4. The van der Waals surface area contributed by atoms with Gasteiger partial charge >= 0.3 is 6.03 Å². The molecule has 0 unspecified atom stereocenters. The smallest absolute Gasteiger partial charge is 0.324 e. The fourth-order valence-corrected chi connectivity index (χ4v) is 5.29. The van der Waals surface area contributed by atoms with E-state index in [0.29, 0.717) is 66.1 Å². The molecule has 1 aromatic heterocycles. The molecule has 3 heterocycles. The Labute approximate surface area is 242 Å². The van der Waals surface area contributed by atoms with Crippen LogP contribution in [0.1, 0.15) is 6.92 Å². The number of ether oxygens (including phenoxy) is 1. The van der Waals surface area contributed by atoms with Crippen LogP contribution >= 0.6 is 11.6 Å². The minimum atomic E-state index is -0.538. The standard InChI is InChI=1S/C29H32ClFN6O4/c1-18(38)33-7-12-41-28-26(36-8-5-32-6-9-36)14-20(17-34-28)23-16-21(31)15-22(27(23)39)19-3-4-25(24(30)13-19)37-11-10-35(2)29(37)40/h3-4,13-17,32,39H,5-12H2,1-2H3,(H,33,38). The number of pyridine rings is 1. The predicted molar refractivity (Wildman–Crippen MR) is 156 cm³/mol. The van der Waals surface area contributed by atoms with E-state index in [0.717, 1.165) is 13.1 Å². The largest absolute Gasteiger partial charge is 0.507 e. The lowest BCUT2D eigenvalue weighted by atomic mass is 9.97. The highest BCUT2D eigenvalue weighted by atomic mass is 35.5. The molecule has 3 amide bonds. The van der Waals surface area contributed by atoms with Gasteiger partial charge in [0.25, 0.3) is 0 Å². The summed E-state index contributed by atoms with van der Waals surface area (Å²) in [6.45, 7) is 6.10. The maximum absolute atomic E-state index is 15.0. The predicted octanol–water partition coefficient (Wildman–Crippen LogP) is 3.71. The summed E-state index contributed by atoms with van der Waals surface area (Å²) in [7, 11) is 1.73. The highest BCUT2D eigenvalue weighted by molar-refractivity contribution is 6.34. The highest BCUT2D eigenvalue weighted by Gasteiger charge is 2.28. The highest BCUT2D eigenvalue weighted by Crippen LogP contribution is 2.42. The average Bonchev–Trinajstić information content (AvgIpc) is 3.30. The second-order valence-electron chi connectivity index (χ2n) is 9.99. The van der Waals surface area contributed by atoms with Crippen LogP contribution in [0.5, 0.6) is 11.6 Å². The molecule has 5 rings (SSSR count). The van der Waals surface area contributed by atoms with Gasteiger partial charge in [0.2, 0.25) is 11.8 Å². The van der Waals surface area contributed by atoms with Gasteiger partial charge in [-0.05, 0) is 35.9 Å². The second kappa shape index (κ2) is 12.2. The fourth-order valence-electron chi connectivity index (χ4n) is 5.01. The van der Waals surface area contributed by atoms with E-state index in [1.165, 1.54) is 25.3 Å². The molecule has 10 nitrogen and oxygen atoms in total. The number of nitrogens with zero attached hydrogens (tertiary/aromatic N) is 4. The zero-order valence-corrected chi connectivity index (χ0v) is 23.7. The molecule has 0 radical (unpaired) electrons. The number of phenolic OH excluding ortho intramolecular Hbond substituents is 1. The summed E-state index contributed by atoms with van der Waals surface area (Å²) >= 11 is 6.57. The number of phenols is 1. The molecule has 0 atom stereocenters. The van der Waals surface area contributed by atoms with Gasteiger partial charge in [-0.1, -0.05) is 17.7 Å². The number of amides is 3. The Morgan fingerprint density at radius 3 is 2.49 bits per heavy atom. The topological polar surface area (TPSA) is 110 Å². The van der Waals surface area contributed by atoms with Gasteiger partial charge < -0.3 is 30.3 Å². The maximum Gasteiger partial charge on any atom is 0.324 e. The summed E-state index contributed by atoms with van der Waals surface area (Å²) in [5, 5.41) is 17.7. The molecule has 2 fully saturated rings. The molecule has 41 heavy (non-hydrogen) atoms. The van der Waals surface area contributed by atoms with Crippen molar-refractivity contribution in [1.82, 2.24) is 20.5 Å². The summed E-state index contributed by atoms with van der Waals surface area (Å²) < 4.78 is 20.9. The first-order valence-electron chi connectivity index (χ1n) is 13.4. The molecule has 2 saturated heterocycles. The Balaban J connectivity index is 1.48. The van der Waals surface area contributed by atoms with Crippen molar-refractivity contribution in [3.8, 4) is 33.9 Å². The molecule has 2 aliphatic heterocycles. The Morgan fingerprint density at radius 1 is 1.10 bits per heavy atom. The second-order valence-corrected chi connectivity index (χ2v) is 10.4. The number of nitrogens with one attached hydrogen (secondary N) is 2. The van der Waals surface area contributed by atoms with Crippen LogP contribution in [0.4, 0.5) is 20.6 Å². The molecular weight excluding hydrogens is 551 g/mol. The van der Waals surface area contributed by atoms with Gasteiger partial charge in [-0.25, -0.2) is 14.2 Å². The number of likely N-dealkylation sites (N-methyl/N-ethyl adjacent to an activating group) is 1. The van der Waals surface area contributed by atoms with E-state index in [-0.39, 0.29) is 35.4 Å². The van der Waals surface area contributed by atoms with Gasteiger partial charge in [-0.15, -0.1) is 0 Å². The van der Waals surface area contributed by atoms with Crippen molar-refractivity contribution in [2.45, 2.75) is 6.92 Å². The van der Waals surface area contributed by atoms with E-state index in [2.05, 4.69) is 20.5 Å². The van der Waals surface area contributed by atoms with Crippen LogP contribution in [0, 0.1) is 5.82 Å². The van der Waals surface area contributed by atoms with Crippen molar-refractivity contribution >= 4 is 34.9 Å². The molecule has 0 saturated carbocycles. The van der Waals surface area contributed by atoms with Crippen molar-refractivity contribution in [3.63, 3.8) is 0 Å². The number of anilines is 2. The van der Waals surface area contributed by atoms with Gasteiger partial charge in [-0.3, -0.25) is 9.69 Å². The Morgan fingerprint density at radius 2 is 1.83 bits per heavy atom. The number of piperazine rings is 1. The number of benzene rings is 2. The van der Waals surface area contributed by atoms with Crippen LogP contribution in [0.2, 0.25) is 5.02 Å². The van der Waals surface area contributed by atoms with E-state index in [1.54, 1.807) is 35.0 Å². The number of aromatic nitrogens is 1. The lowest BCUT2D eigenvalue weighted by Crippen LogP contribution is -2.43. The minimum Gasteiger partial charge on any atom is -0.507 e. The summed E-state index contributed by atoms with van der Waals surface area (Å²) in [5.41, 5.74) is 2.82. The van der Waals surface area contributed by atoms with E-state index in [9.17, 15) is 14.7 Å². The van der Waals surface area contributed by atoms with Crippen molar-refractivity contribution in [2.24, 2.45) is 0 Å². The minimum absolute atomic E-state index is 0.125. The lowest BCUT2D eigenvalue weighted by Gasteiger charge is -2.30. The molecule has 0 bridgehead atoms. The number of carbonyl (C=O) groups is 2. The van der Waals surface area contributed by atoms with Gasteiger partial charge in [-0.2, -0.15) is 0 Å². The maximum atomic E-state index is 15.0. The summed E-state index contributed by atoms with van der Waals surface area (Å²) in [4.78, 5) is 33.5. The third kappa shape index (κ3) is 6.15. The number of rotatable bonds is 8.